The molecule has 0 aliphatic heterocycles. The van der Waals surface area contributed by atoms with Crippen molar-refractivity contribution in [3.05, 3.63) is 75.9 Å². The predicted octanol–water partition coefficient (Wildman–Crippen LogP) is 3.85. The smallest absolute Gasteiger partial charge is 0.278 e. The maximum atomic E-state index is 13.7. The highest BCUT2D eigenvalue weighted by Gasteiger charge is 2.44. The number of imidazole rings is 1. The fourth-order valence-corrected chi connectivity index (χ4v) is 4.00. The second-order valence-corrected chi connectivity index (χ2v) is 8.58. The van der Waals surface area contributed by atoms with Gasteiger partial charge in [0.05, 0.1) is 23.3 Å². The van der Waals surface area contributed by atoms with Crippen molar-refractivity contribution in [2.75, 3.05) is 0 Å². The molecule has 6 rings (SSSR count). The van der Waals surface area contributed by atoms with E-state index in [1.54, 1.807) is 33.6 Å². The lowest BCUT2D eigenvalue weighted by atomic mass is 10.1. The Morgan fingerprint density at radius 1 is 1.16 bits per heavy atom. The maximum Gasteiger partial charge on any atom is 0.278 e. The lowest BCUT2D eigenvalue weighted by molar-refractivity contribution is 0.353. The zero-order chi connectivity index (χ0) is 21.2. The van der Waals surface area contributed by atoms with Crippen molar-refractivity contribution in [3.63, 3.8) is 0 Å². The van der Waals surface area contributed by atoms with E-state index in [1.165, 1.54) is 0 Å². The van der Waals surface area contributed by atoms with Gasteiger partial charge in [-0.15, -0.1) is 0 Å². The van der Waals surface area contributed by atoms with Gasteiger partial charge in [0.25, 0.3) is 5.56 Å². The van der Waals surface area contributed by atoms with Crippen LogP contribution in [0.2, 0.25) is 5.02 Å². The highest BCUT2D eigenvalue weighted by Crippen LogP contribution is 2.47. The molecule has 4 heterocycles. The van der Waals surface area contributed by atoms with Crippen LogP contribution in [0.15, 0.2) is 58.2 Å². The Kier molecular flexibility index (Phi) is 3.82. The molecule has 0 N–H and O–H groups in total. The van der Waals surface area contributed by atoms with E-state index in [4.69, 9.17) is 16.1 Å². The number of nitrogens with zero attached hydrogens (tertiary/aromatic N) is 6. The Balaban J connectivity index is 1.61. The summed E-state index contributed by atoms with van der Waals surface area (Å²) in [6.45, 7) is 2.39. The molecule has 1 aliphatic carbocycles. The van der Waals surface area contributed by atoms with Gasteiger partial charge in [-0.05, 0) is 43.2 Å². The van der Waals surface area contributed by atoms with E-state index in [9.17, 15) is 4.79 Å². The van der Waals surface area contributed by atoms with Crippen molar-refractivity contribution in [3.8, 4) is 11.5 Å². The molecule has 0 unspecified atom stereocenters. The molecule has 1 fully saturated rings. The third-order valence-corrected chi connectivity index (χ3v) is 6.14. The average Bonchev–Trinajstić information content (AvgIpc) is 3.18. The third-order valence-electron chi connectivity index (χ3n) is 5.90. The van der Waals surface area contributed by atoms with E-state index in [0.29, 0.717) is 40.0 Å². The lowest BCUT2D eigenvalue weighted by Gasteiger charge is -2.12. The second kappa shape index (κ2) is 6.49. The Labute approximate surface area is 181 Å². The van der Waals surface area contributed by atoms with Gasteiger partial charge in [0.1, 0.15) is 17.5 Å². The molecule has 5 aromatic rings. The van der Waals surface area contributed by atoms with Crippen LogP contribution in [-0.4, -0.2) is 29.1 Å². The number of benzene rings is 1. The Morgan fingerprint density at radius 2 is 2.03 bits per heavy atom. The molecule has 1 aliphatic rings. The summed E-state index contributed by atoms with van der Waals surface area (Å²) in [5.74, 6) is 0.908. The van der Waals surface area contributed by atoms with E-state index in [1.807, 2.05) is 24.3 Å². The molecule has 0 amide bonds. The monoisotopic (exact) mass is 432 g/mol. The van der Waals surface area contributed by atoms with Gasteiger partial charge in [-0.2, -0.15) is 4.98 Å². The Hall–Kier alpha value is -3.52. The topological polar surface area (TPSA) is 91.1 Å². The summed E-state index contributed by atoms with van der Waals surface area (Å²) in [5, 5.41) is 4.66. The summed E-state index contributed by atoms with van der Waals surface area (Å²) >= 11 is 6.26. The van der Waals surface area contributed by atoms with Crippen molar-refractivity contribution in [2.45, 2.75) is 31.7 Å². The quantitative estimate of drug-likeness (QED) is 0.428. The van der Waals surface area contributed by atoms with E-state index >= 15 is 0 Å². The van der Waals surface area contributed by atoms with E-state index in [-0.39, 0.29) is 11.0 Å². The van der Waals surface area contributed by atoms with Crippen LogP contribution < -0.4 is 5.56 Å². The first-order valence-corrected chi connectivity index (χ1v) is 10.3. The van der Waals surface area contributed by atoms with Gasteiger partial charge < -0.3 is 4.52 Å². The van der Waals surface area contributed by atoms with Crippen LogP contribution in [0.3, 0.4) is 0 Å². The highest BCUT2D eigenvalue weighted by molar-refractivity contribution is 6.31. The van der Waals surface area contributed by atoms with Gasteiger partial charge >= 0.3 is 0 Å². The number of hydrogen-bond donors (Lipinski definition) is 0. The SMILES string of the molecule is CC1(c2nc(-c3ncn4c3c(=O)n(Cc3ccccn3)c3cc(Cl)ccc34)no2)CC1. The molecule has 1 saturated carbocycles. The molecule has 1 aromatic carbocycles. The van der Waals surface area contributed by atoms with Crippen molar-refractivity contribution in [1.29, 1.82) is 0 Å². The van der Waals surface area contributed by atoms with Crippen LogP contribution in [0.25, 0.3) is 28.1 Å². The largest absolute Gasteiger partial charge is 0.338 e. The van der Waals surface area contributed by atoms with Gasteiger partial charge in [0, 0.05) is 16.6 Å². The zero-order valence-electron chi connectivity index (χ0n) is 16.6. The Bertz CT molecular complexity index is 1510. The van der Waals surface area contributed by atoms with Crippen molar-refractivity contribution >= 4 is 28.2 Å². The number of halogens is 1. The molecule has 9 heteroatoms. The van der Waals surface area contributed by atoms with Crippen molar-refractivity contribution in [2.24, 2.45) is 0 Å². The van der Waals surface area contributed by atoms with Crippen LogP contribution in [0.4, 0.5) is 0 Å². The number of hydrogen-bond acceptors (Lipinski definition) is 6. The standard InChI is InChI=1S/C22H17ClN6O2/c1-22(7-8-22)21-26-19(27-31-21)17-18-20(30)28(11-14-4-2-3-9-24-14)16-10-13(23)5-6-15(16)29(18)12-25-17/h2-6,9-10,12H,7-8,11H2,1H3. The molecule has 0 spiro atoms. The van der Waals surface area contributed by atoms with E-state index < -0.39 is 0 Å². The van der Waals surface area contributed by atoms with Crippen LogP contribution in [0, 0.1) is 0 Å². The van der Waals surface area contributed by atoms with Crippen LogP contribution in [0.1, 0.15) is 31.4 Å². The summed E-state index contributed by atoms with van der Waals surface area (Å²) in [7, 11) is 0. The van der Waals surface area contributed by atoms with Gasteiger partial charge in [-0.3, -0.25) is 18.7 Å². The molecule has 4 aromatic heterocycles. The summed E-state index contributed by atoms with van der Waals surface area (Å²) in [6.07, 6.45) is 5.35. The molecule has 0 atom stereocenters. The molecule has 31 heavy (non-hydrogen) atoms. The average molecular weight is 433 g/mol. The fraction of sp³-hybridized carbons (Fsp3) is 0.227. The first kappa shape index (κ1) is 18.3. The summed E-state index contributed by atoms with van der Waals surface area (Å²) in [5.41, 5.74) is 2.75. The highest BCUT2D eigenvalue weighted by atomic mass is 35.5. The molecular weight excluding hydrogens is 416 g/mol. The van der Waals surface area contributed by atoms with Gasteiger partial charge in [0.2, 0.25) is 11.7 Å². The van der Waals surface area contributed by atoms with Crippen LogP contribution >= 0.6 is 11.6 Å². The predicted molar refractivity (Wildman–Crippen MR) is 115 cm³/mol. The molecule has 154 valence electrons. The normalized spacial score (nSPS) is 15.0. The number of fused-ring (bicyclic) bond motifs is 3. The molecule has 0 bridgehead atoms. The molecule has 0 saturated heterocycles. The van der Waals surface area contributed by atoms with Crippen molar-refractivity contribution in [1.82, 2.24) is 29.1 Å². The van der Waals surface area contributed by atoms with Crippen molar-refractivity contribution < 1.29 is 4.52 Å². The molecular formula is C22H17ClN6O2. The maximum absolute atomic E-state index is 13.7. The molecule has 8 nitrogen and oxygen atoms in total. The number of rotatable bonds is 4. The summed E-state index contributed by atoms with van der Waals surface area (Å²) < 4.78 is 8.90. The minimum atomic E-state index is -0.225. The first-order chi connectivity index (χ1) is 15.0. The zero-order valence-corrected chi connectivity index (χ0v) is 17.4. The van der Waals surface area contributed by atoms with Crippen LogP contribution in [-0.2, 0) is 12.0 Å². The van der Waals surface area contributed by atoms with Gasteiger partial charge in [-0.1, -0.05) is 29.7 Å². The molecule has 0 radical (unpaired) electrons. The number of aromatic nitrogens is 6. The van der Waals surface area contributed by atoms with Crippen LogP contribution in [0.5, 0.6) is 0 Å². The van der Waals surface area contributed by atoms with E-state index in [2.05, 4.69) is 27.0 Å². The first-order valence-electron chi connectivity index (χ1n) is 9.97. The van der Waals surface area contributed by atoms with E-state index in [0.717, 1.165) is 24.1 Å². The lowest BCUT2D eigenvalue weighted by Crippen LogP contribution is -2.24. The third kappa shape index (κ3) is 2.86. The minimum absolute atomic E-state index is 0.0661. The Morgan fingerprint density at radius 3 is 2.81 bits per heavy atom. The number of pyridine rings is 1. The minimum Gasteiger partial charge on any atom is -0.338 e. The van der Waals surface area contributed by atoms with Gasteiger partial charge in [-0.25, -0.2) is 4.98 Å². The fourth-order valence-electron chi connectivity index (χ4n) is 3.83. The summed E-state index contributed by atoms with van der Waals surface area (Å²) in [4.78, 5) is 27.1. The van der Waals surface area contributed by atoms with Gasteiger partial charge in [0.15, 0.2) is 0 Å². The summed E-state index contributed by atoms with van der Waals surface area (Å²) in [6, 6.07) is 11.1. The second-order valence-electron chi connectivity index (χ2n) is 8.14.